The molecule has 0 aromatic heterocycles. The summed E-state index contributed by atoms with van der Waals surface area (Å²) in [6.07, 6.45) is 1.99. The number of fused-ring (bicyclic) bond motifs is 1. The second-order valence-electron chi connectivity index (χ2n) is 9.15. The Morgan fingerprint density at radius 1 is 1.24 bits per heavy atom. The number of amides is 3. The quantitative estimate of drug-likeness (QED) is 0.419. The molecule has 2 bridgehead atoms. The van der Waals surface area contributed by atoms with E-state index in [1.165, 1.54) is 0 Å². The highest BCUT2D eigenvalue weighted by molar-refractivity contribution is 9.09. The van der Waals surface area contributed by atoms with Crippen molar-refractivity contribution >= 4 is 45.4 Å². The fourth-order valence-corrected chi connectivity index (χ4v) is 9.32. The number of hydrogen-bond donors (Lipinski definition) is 3. The SMILES string of the molecule is CCCNC(=O)[C@H]1[C@H]2C(=O)N([C@@H](CC)CO)C(C(=O)NCc3ccccc3)C23CC(Br)[C@@H]1S3. The summed E-state index contributed by atoms with van der Waals surface area (Å²) in [7, 11) is 0. The number of benzene rings is 1. The Bertz CT molecular complexity index is 899. The molecule has 9 heteroatoms. The van der Waals surface area contributed by atoms with Gasteiger partial charge in [0.1, 0.15) is 6.04 Å². The van der Waals surface area contributed by atoms with E-state index in [4.69, 9.17) is 0 Å². The molecule has 7 nitrogen and oxygen atoms in total. The third-order valence-corrected chi connectivity index (χ3v) is 10.4. The van der Waals surface area contributed by atoms with E-state index >= 15 is 0 Å². The van der Waals surface area contributed by atoms with Crippen LogP contribution in [-0.2, 0) is 20.9 Å². The minimum absolute atomic E-state index is 0.0440. The molecule has 3 saturated heterocycles. The molecule has 3 unspecified atom stereocenters. The molecule has 3 heterocycles. The highest BCUT2D eigenvalue weighted by Crippen LogP contribution is 2.67. The minimum atomic E-state index is -0.727. The van der Waals surface area contributed by atoms with Crippen molar-refractivity contribution in [1.82, 2.24) is 15.5 Å². The molecule has 33 heavy (non-hydrogen) atoms. The number of thioether (sulfide) groups is 1. The van der Waals surface area contributed by atoms with Crippen LogP contribution in [0.4, 0.5) is 0 Å². The number of carbonyl (C=O) groups is 3. The van der Waals surface area contributed by atoms with E-state index in [0.29, 0.717) is 25.9 Å². The molecule has 4 rings (SSSR count). The van der Waals surface area contributed by atoms with Crippen LogP contribution in [0.25, 0.3) is 0 Å². The Hall–Kier alpha value is -1.58. The molecule has 0 saturated carbocycles. The van der Waals surface area contributed by atoms with Crippen molar-refractivity contribution in [2.45, 2.75) is 66.6 Å². The van der Waals surface area contributed by atoms with E-state index in [0.717, 1.165) is 12.0 Å². The van der Waals surface area contributed by atoms with Crippen molar-refractivity contribution in [3.05, 3.63) is 35.9 Å². The summed E-state index contributed by atoms with van der Waals surface area (Å²) in [4.78, 5) is 42.3. The maximum absolute atomic E-state index is 13.8. The third kappa shape index (κ3) is 4.10. The summed E-state index contributed by atoms with van der Waals surface area (Å²) < 4.78 is -0.687. The molecule has 1 spiro atoms. The van der Waals surface area contributed by atoms with E-state index in [1.54, 1.807) is 16.7 Å². The molecule has 3 amide bonds. The first-order chi connectivity index (χ1) is 15.9. The van der Waals surface area contributed by atoms with Crippen LogP contribution in [0, 0.1) is 11.8 Å². The van der Waals surface area contributed by atoms with Crippen molar-refractivity contribution < 1.29 is 19.5 Å². The molecule has 1 aromatic carbocycles. The lowest BCUT2D eigenvalue weighted by Gasteiger charge is -2.37. The first-order valence-corrected chi connectivity index (χ1v) is 13.5. The Morgan fingerprint density at radius 2 is 1.97 bits per heavy atom. The highest BCUT2D eigenvalue weighted by atomic mass is 79.9. The van der Waals surface area contributed by atoms with Crippen molar-refractivity contribution in [1.29, 1.82) is 0 Å². The number of carbonyl (C=O) groups excluding carboxylic acids is 3. The molecule has 3 fully saturated rings. The van der Waals surface area contributed by atoms with E-state index in [1.807, 2.05) is 44.2 Å². The Kier molecular flexibility index (Phi) is 7.41. The van der Waals surface area contributed by atoms with Gasteiger partial charge in [0.15, 0.2) is 0 Å². The van der Waals surface area contributed by atoms with Crippen molar-refractivity contribution in [2.75, 3.05) is 13.2 Å². The maximum Gasteiger partial charge on any atom is 0.244 e. The zero-order valence-electron chi connectivity index (χ0n) is 19.0. The zero-order chi connectivity index (χ0) is 23.8. The summed E-state index contributed by atoms with van der Waals surface area (Å²) in [5, 5.41) is 16.0. The average Bonchev–Trinajstić information content (AvgIpc) is 3.41. The average molecular weight is 539 g/mol. The van der Waals surface area contributed by atoms with Gasteiger partial charge in [-0.3, -0.25) is 14.4 Å². The van der Waals surface area contributed by atoms with Gasteiger partial charge in [0.2, 0.25) is 17.7 Å². The lowest BCUT2D eigenvalue weighted by molar-refractivity contribution is -0.142. The number of alkyl halides is 1. The van der Waals surface area contributed by atoms with Crippen LogP contribution in [0.3, 0.4) is 0 Å². The summed E-state index contributed by atoms with van der Waals surface area (Å²) in [6, 6.07) is 8.47. The Morgan fingerprint density at radius 3 is 2.61 bits per heavy atom. The fraction of sp³-hybridized carbons (Fsp3) is 0.625. The summed E-state index contributed by atoms with van der Waals surface area (Å²) in [5.41, 5.74) is 0.975. The van der Waals surface area contributed by atoms with Crippen molar-refractivity contribution in [2.24, 2.45) is 11.8 Å². The lowest BCUT2D eigenvalue weighted by Crippen LogP contribution is -2.56. The molecule has 3 N–H and O–H groups in total. The highest BCUT2D eigenvalue weighted by Gasteiger charge is 2.76. The second kappa shape index (κ2) is 9.96. The number of likely N-dealkylation sites (tertiary alicyclic amines) is 1. The smallest absolute Gasteiger partial charge is 0.244 e. The molecular formula is C24H32BrN3O4S. The molecule has 0 aliphatic carbocycles. The van der Waals surface area contributed by atoms with Gasteiger partial charge in [-0.1, -0.05) is 60.1 Å². The summed E-state index contributed by atoms with van der Waals surface area (Å²) >= 11 is 5.37. The number of nitrogens with one attached hydrogen (secondary N) is 2. The fourth-order valence-electron chi connectivity index (χ4n) is 5.72. The standard InChI is InChI=1S/C24H32BrN3O4S/c1-3-10-26-21(30)17-18-23(32)28(15(4-2)13-29)20(24(18)11-16(25)19(17)33-24)22(31)27-12-14-8-6-5-7-9-14/h5-9,15-20,29H,3-4,10-13H2,1-2H3,(H,26,30)(H,27,31)/t15-,16?,17-,18-,19-,20?,24?/m0/s1. The molecule has 0 radical (unpaired) electrons. The first-order valence-electron chi connectivity index (χ1n) is 11.7. The number of aliphatic hydroxyl groups is 1. The predicted octanol–water partition coefficient (Wildman–Crippen LogP) is 2.06. The van der Waals surface area contributed by atoms with Crippen LogP contribution in [0.15, 0.2) is 30.3 Å². The molecular weight excluding hydrogens is 506 g/mol. The molecule has 7 atom stereocenters. The number of rotatable bonds is 9. The van der Waals surface area contributed by atoms with Crippen LogP contribution < -0.4 is 10.6 Å². The Balaban J connectivity index is 1.68. The topological polar surface area (TPSA) is 98.7 Å². The zero-order valence-corrected chi connectivity index (χ0v) is 21.4. The van der Waals surface area contributed by atoms with Gasteiger partial charge >= 0.3 is 0 Å². The number of halogens is 1. The predicted molar refractivity (Wildman–Crippen MR) is 132 cm³/mol. The van der Waals surface area contributed by atoms with Crippen molar-refractivity contribution in [3.8, 4) is 0 Å². The molecule has 1 aromatic rings. The van der Waals surface area contributed by atoms with Crippen LogP contribution in [0.5, 0.6) is 0 Å². The van der Waals surface area contributed by atoms with Crippen molar-refractivity contribution in [3.63, 3.8) is 0 Å². The van der Waals surface area contributed by atoms with Gasteiger partial charge in [-0.2, -0.15) is 0 Å². The van der Waals surface area contributed by atoms with Gasteiger partial charge < -0.3 is 20.6 Å². The lowest BCUT2D eigenvalue weighted by atomic mass is 9.70. The monoisotopic (exact) mass is 537 g/mol. The molecule has 180 valence electrons. The summed E-state index contributed by atoms with van der Waals surface area (Å²) in [6.45, 7) is 4.61. The van der Waals surface area contributed by atoms with Gasteiger partial charge in [0, 0.05) is 23.2 Å². The Labute approximate surface area is 207 Å². The number of nitrogens with zero attached hydrogens (tertiary/aromatic N) is 1. The van der Waals surface area contributed by atoms with E-state index in [2.05, 4.69) is 26.6 Å². The van der Waals surface area contributed by atoms with Gasteiger partial charge in [-0.05, 0) is 24.8 Å². The largest absolute Gasteiger partial charge is 0.394 e. The van der Waals surface area contributed by atoms with Crippen LogP contribution in [-0.4, -0.2) is 67.8 Å². The maximum atomic E-state index is 13.8. The van der Waals surface area contributed by atoms with Gasteiger partial charge in [0.25, 0.3) is 0 Å². The number of aliphatic hydroxyl groups excluding tert-OH is 1. The first kappa shape index (κ1) is 24.5. The van der Waals surface area contributed by atoms with Gasteiger partial charge in [-0.25, -0.2) is 0 Å². The van der Waals surface area contributed by atoms with E-state index in [9.17, 15) is 19.5 Å². The summed E-state index contributed by atoms with van der Waals surface area (Å²) in [5.74, 6) is -1.56. The molecule has 3 aliphatic rings. The molecule has 3 aliphatic heterocycles. The normalized spacial score (nSPS) is 33.2. The van der Waals surface area contributed by atoms with Crippen LogP contribution in [0.2, 0.25) is 0 Å². The van der Waals surface area contributed by atoms with E-state index in [-0.39, 0.29) is 34.4 Å². The minimum Gasteiger partial charge on any atom is -0.394 e. The van der Waals surface area contributed by atoms with E-state index < -0.39 is 28.7 Å². The number of hydrogen-bond acceptors (Lipinski definition) is 5. The second-order valence-corrected chi connectivity index (χ2v) is 11.9. The van der Waals surface area contributed by atoms with Gasteiger partial charge in [0.05, 0.1) is 29.2 Å². The third-order valence-electron chi connectivity index (χ3n) is 7.21. The van der Waals surface area contributed by atoms with Crippen LogP contribution in [0.1, 0.15) is 38.7 Å². The van der Waals surface area contributed by atoms with Gasteiger partial charge in [-0.15, -0.1) is 11.8 Å². The van der Waals surface area contributed by atoms with Crippen LogP contribution >= 0.6 is 27.7 Å².